The van der Waals surface area contributed by atoms with Crippen molar-refractivity contribution >= 4 is 34.5 Å². The van der Waals surface area contributed by atoms with Crippen LogP contribution in [0.4, 0.5) is 17.1 Å². The van der Waals surface area contributed by atoms with Gasteiger partial charge in [-0.15, -0.1) is 0 Å². The molecule has 1 saturated heterocycles. The Labute approximate surface area is 278 Å². The molecule has 0 bridgehead atoms. The Kier molecular flexibility index (Phi) is 9.69. The highest BCUT2D eigenvalue weighted by molar-refractivity contribution is 6.13. The zero-order chi connectivity index (χ0) is 33.2. The first-order valence-corrected chi connectivity index (χ1v) is 16.9. The van der Waals surface area contributed by atoms with Gasteiger partial charge in [-0.3, -0.25) is 14.6 Å². The Hall–Kier alpha value is -4.17. The molecule has 8 nitrogen and oxygen atoms in total. The van der Waals surface area contributed by atoms with Gasteiger partial charge in [0.2, 0.25) is 5.91 Å². The van der Waals surface area contributed by atoms with Gasteiger partial charge in [0.15, 0.2) is 0 Å². The third-order valence-corrected chi connectivity index (χ3v) is 9.95. The third-order valence-electron chi connectivity index (χ3n) is 9.95. The lowest BCUT2D eigenvalue weighted by Gasteiger charge is -2.41. The van der Waals surface area contributed by atoms with Crippen LogP contribution in [0, 0.1) is 11.8 Å². The van der Waals surface area contributed by atoms with Crippen LogP contribution in [0.3, 0.4) is 0 Å². The Morgan fingerprint density at radius 1 is 0.915 bits per heavy atom. The highest BCUT2D eigenvalue weighted by Gasteiger charge is 2.48. The van der Waals surface area contributed by atoms with E-state index in [9.17, 15) is 9.59 Å². The highest BCUT2D eigenvalue weighted by atomic mass is 16.5. The fraction of sp³-hybridized carbons (Fsp3) is 0.462. The molecule has 3 unspecified atom stereocenters. The molecule has 3 atom stereocenters. The average molecular weight is 638 g/mol. The number of carbonyl (C=O) groups excluding carboxylic acids is 2. The minimum atomic E-state index is -0.619. The first-order chi connectivity index (χ1) is 22.7. The summed E-state index contributed by atoms with van der Waals surface area (Å²) in [6.45, 7) is 9.81. The molecule has 248 valence electrons. The Morgan fingerprint density at radius 3 is 2.28 bits per heavy atom. The van der Waals surface area contributed by atoms with Crippen molar-refractivity contribution in [2.75, 3.05) is 37.2 Å². The van der Waals surface area contributed by atoms with E-state index in [-0.39, 0.29) is 35.6 Å². The van der Waals surface area contributed by atoms with Crippen LogP contribution in [0.1, 0.15) is 76.5 Å². The first-order valence-electron chi connectivity index (χ1n) is 16.9. The minimum absolute atomic E-state index is 0.00407. The monoisotopic (exact) mass is 637 g/mol. The van der Waals surface area contributed by atoms with E-state index in [1.54, 1.807) is 14.2 Å². The number of para-hydroxylation sites is 2. The van der Waals surface area contributed by atoms with Crippen LogP contribution in [-0.4, -0.2) is 56.9 Å². The minimum Gasteiger partial charge on any atom is -0.497 e. The van der Waals surface area contributed by atoms with E-state index >= 15 is 0 Å². The molecular formula is C39H47N3O5. The molecule has 0 N–H and O–H groups in total. The predicted molar refractivity (Wildman–Crippen MR) is 187 cm³/mol. The fourth-order valence-corrected chi connectivity index (χ4v) is 7.82. The van der Waals surface area contributed by atoms with E-state index < -0.39 is 12.0 Å². The van der Waals surface area contributed by atoms with Crippen molar-refractivity contribution in [2.45, 2.75) is 77.4 Å². The van der Waals surface area contributed by atoms with Gasteiger partial charge in [-0.1, -0.05) is 30.3 Å². The van der Waals surface area contributed by atoms with Crippen LogP contribution in [-0.2, 0) is 14.3 Å². The smallest absolute Gasteiger partial charge is 0.230 e. The number of methoxy groups -OCH3 is 2. The maximum atomic E-state index is 14.8. The van der Waals surface area contributed by atoms with Gasteiger partial charge in [0, 0.05) is 60.7 Å². The number of Topliss-reactive ketones (excluding diaryl/α,β-unsaturated/α-hetero) is 1. The van der Waals surface area contributed by atoms with Gasteiger partial charge < -0.3 is 24.0 Å². The van der Waals surface area contributed by atoms with Gasteiger partial charge in [0.25, 0.3) is 0 Å². The summed E-state index contributed by atoms with van der Waals surface area (Å²) in [6, 6.07) is 21.9. The number of carbonyl (C=O) groups is 2. The maximum Gasteiger partial charge on any atom is 0.230 e. The second-order valence-electron chi connectivity index (χ2n) is 13.5. The number of hydrogen-bond acceptors (Lipinski definition) is 7. The third kappa shape index (κ3) is 6.40. The number of benzene rings is 3. The maximum absolute atomic E-state index is 14.8. The molecule has 1 aliphatic carbocycles. The number of nitrogens with zero attached hydrogens (tertiary/aromatic N) is 3. The summed E-state index contributed by atoms with van der Waals surface area (Å²) < 4.78 is 17.2. The molecule has 47 heavy (non-hydrogen) atoms. The van der Waals surface area contributed by atoms with E-state index in [4.69, 9.17) is 19.2 Å². The van der Waals surface area contributed by atoms with Gasteiger partial charge in [0.1, 0.15) is 17.3 Å². The Balaban J connectivity index is 1.52. The van der Waals surface area contributed by atoms with Gasteiger partial charge in [-0.2, -0.15) is 0 Å². The van der Waals surface area contributed by atoms with Gasteiger partial charge in [0.05, 0.1) is 37.6 Å². The molecular weight excluding hydrogens is 590 g/mol. The zero-order valence-corrected chi connectivity index (χ0v) is 28.4. The summed E-state index contributed by atoms with van der Waals surface area (Å²) >= 11 is 0. The number of rotatable bonds is 8. The van der Waals surface area contributed by atoms with Gasteiger partial charge >= 0.3 is 0 Å². The van der Waals surface area contributed by atoms with Crippen LogP contribution in [0.5, 0.6) is 11.5 Å². The summed E-state index contributed by atoms with van der Waals surface area (Å²) in [5, 5.41) is 0. The molecule has 1 amide bonds. The van der Waals surface area contributed by atoms with Crippen molar-refractivity contribution in [3.8, 4) is 11.5 Å². The standard InChI is InChI=1S/C39H47N3O5/c1-24(2)41(25(3)4)29-13-16-31(36(23-29)46-6)38-37-33(21-28(22-35(37)43)26-11-14-30(45-5)15-12-26)40-32-9-7-8-10-34(32)42(38)39(44)27-17-19-47-20-18-27/h7-16,23-25,27-28,37-38H,17-22H2,1-6H3. The van der Waals surface area contributed by atoms with E-state index in [1.807, 2.05) is 53.4 Å². The molecule has 2 aliphatic heterocycles. The molecule has 0 spiro atoms. The molecule has 0 radical (unpaired) electrons. The SMILES string of the molecule is COc1ccc(C2CC(=O)C3C(=Nc4ccccc4N(C(=O)C4CCOCC4)C3c3ccc(N(C(C)C)C(C)C)cc3OC)C2)cc1. The normalized spacial score (nSPS) is 21.5. The van der Waals surface area contributed by atoms with Gasteiger partial charge in [-0.25, -0.2) is 0 Å². The van der Waals surface area contributed by atoms with Crippen LogP contribution in [0.15, 0.2) is 71.7 Å². The molecule has 3 aromatic rings. The molecule has 2 heterocycles. The van der Waals surface area contributed by atoms with Crippen LogP contribution >= 0.6 is 0 Å². The lowest BCUT2D eigenvalue weighted by Crippen LogP contribution is -2.48. The van der Waals surface area contributed by atoms with Crippen molar-refractivity contribution in [3.63, 3.8) is 0 Å². The molecule has 8 heteroatoms. The number of aliphatic imine (C=N–C) groups is 1. The number of amides is 1. The van der Waals surface area contributed by atoms with E-state index in [2.05, 4.69) is 50.8 Å². The number of anilines is 2. The van der Waals surface area contributed by atoms with E-state index in [1.165, 1.54) is 0 Å². The molecule has 6 rings (SSSR count). The van der Waals surface area contributed by atoms with Crippen molar-refractivity contribution in [3.05, 3.63) is 77.9 Å². The highest BCUT2D eigenvalue weighted by Crippen LogP contribution is 2.50. The topological polar surface area (TPSA) is 80.7 Å². The number of ether oxygens (including phenoxy) is 3. The molecule has 3 aromatic carbocycles. The largest absolute Gasteiger partial charge is 0.497 e. The number of ketones is 1. The van der Waals surface area contributed by atoms with Crippen LogP contribution in [0.25, 0.3) is 0 Å². The number of hydrogen-bond donors (Lipinski definition) is 0. The summed E-state index contributed by atoms with van der Waals surface area (Å²) in [7, 11) is 3.32. The molecule has 1 saturated carbocycles. The lowest BCUT2D eigenvalue weighted by atomic mass is 9.71. The van der Waals surface area contributed by atoms with Crippen molar-refractivity contribution in [1.82, 2.24) is 0 Å². The summed E-state index contributed by atoms with van der Waals surface area (Å²) in [5.41, 5.74) is 5.17. The Bertz CT molecular complexity index is 1620. The second-order valence-corrected chi connectivity index (χ2v) is 13.5. The van der Waals surface area contributed by atoms with Crippen LogP contribution < -0.4 is 19.3 Å². The molecule has 2 fully saturated rings. The van der Waals surface area contributed by atoms with Gasteiger partial charge in [-0.05, 0) is 88.8 Å². The molecule has 3 aliphatic rings. The summed E-state index contributed by atoms with van der Waals surface area (Å²) in [4.78, 5) is 38.8. The summed E-state index contributed by atoms with van der Waals surface area (Å²) in [5.74, 6) is 0.665. The zero-order valence-electron chi connectivity index (χ0n) is 28.4. The first kappa shape index (κ1) is 32.8. The van der Waals surface area contributed by atoms with Crippen molar-refractivity contribution in [2.24, 2.45) is 16.8 Å². The Morgan fingerprint density at radius 2 is 1.62 bits per heavy atom. The van der Waals surface area contributed by atoms with Crippen molar-refractivity contribution < 1.29 is 23.8 Å². The van der Waals surface area contributed by atoms with E-state index in [0.717, 1.165) is 34.0 Å². The molecule has 0 aromatic heterocycles. The predicted octanol–water partition coefficient (Wildman–Crippen LogP) is 7.68. The average Bonchev–Trinajstić information content (AvgIpc) is 3.22. The lowest BCUT2D eigenvalue weighted by molar-refractivity contribution is -0.126. The quantitative estimate of drug-likeness (QED) is 0.252. The second kappa shape index (κ2) is 13.9. The van der Waals surface area contributed by atoms with Crippen molar-refractivity contribution in [1.29, 1.82) is 0 Å². The van der Waals surface area contributed by atoms with E-state index in [0.29, 0.717) is 50.3 Å². The number of fused-ring (bicyclic) bond motifs is 2. The van der Waals surface area contributed by atoms with Crippen LogP contribution in [0.2, 0.25) is 0 Å². The summed E-state index contributed by atoms with van der Waals surface area (Å²) in [6.07, 6.45) is 2.26. The fourth-order valence-electron chi connectivity index (χ4n) is 7.82.